The summed E-state index contributed by atoms with van der Waals surface area (Å²) in [6.07, 6.45) is 0. The number of hydrogen-bond donors (Lipinski definition) is 1. The first-order chi connectivity index (χ1) is 10.7. The van der Waals surface area contributed by atoms with E-state index in [1.165, 1.54) is 26.4 Å². The van der Waals surface area contributed by atoms with E-state index in [9.17, 15) is 14.4 Å². The summed E-state index contributed by atoms with van der Waals surface area (Å²) in [6.45, 7) is 5.10. The molecule has 0 radical (unpaired) electrons. The van der Waals surface area contributed by atoms with Crippen molar-refractivity contribution in [3.63, 3.8) is 0 Å². The Morgan fingerprint density at radius 3 is 1.96 bits per heavy atom. The molecule has 7 nitrogen and oxygen atoms in total. The molecule has 0 aliphatic carbocycles. The van der Waals surface area contributed by atoms with Gasteiger partial charge in [-0.05, 0) is 45.0 Å². The molecule has 0 saturated carbocycles. The molecule has 1 atom stereocenters. The SMILES string of the molecule is COC(=O)c1ccc(N[C@H](C(=O)OC)C(=O)OC(C)(C)C)cc1. The molecular formula is C16H21NO6. The van der Waals surface area contributed by atoms with Crippen LogP contribution in [0.25, 0.3) is 0 Å². The van der Waals surface area contributed by atoms with Crippen LogP contribution in [0.3, 0.4) is 0 Å². The molecule has 23 heavy (non-hydrogen) atoms. The third kappa shape index (κ3) is 5.61. The number of methoxy groups -OCH3 is 2. The van der Waals surface area contributed by atoms with Crippen LogP contribution in [0.2, 0.25) is 0 Å². The minimum atomic E-state index is -1.30. The van der Waals surface area contributed by atoms with Crippen molar-refractivity contribution in [2.24, 2.45) is 0 Å². The lowest BCUT2D eigenvalue weighted by Crippen LogP contribution is -2.42. The largest absolute Gasteiger partial charge is 0.467 e. The summed E-state index contributed by atoms with van der Waals surface area (Å²) in [5, 5.41) is 2.74. The van der Waals surface area contributed by atoms with Gasteiger partial charge in [0.1, 0.15) is 5.60 Å². The van der Waals surface area contributed by atoms with Crippen LogP contribution in [0.4, 0.5) is 5.69 Å². The summed E-state index contributed by atoms with van der Waals surface area (Å²) in [5.41, 5.74) is 0.0728. The van der Waals surface area contributed by atoms with Crippen LogP contribution in [0, 0.1) is 0 Å². The van der Waals surface area contributed by atoms with E-state index in [1.807, 2.05) is 0 Å². The van der Waals surface area contributed by atoms with Crippen molar-refractivity contribution in [2.75, 3.05) is 19.5 Å². The van der Waals surface area contributed by atoms with E-state index in [-0.39, 0.29) is 0 Å². The van der Waals surface area contributed by atoms with E-state index in [0.717, 1.165) is 0 Å². The number of hydrogen-bond acceptors (Lipinski definition) is 7. The topological polar surface area (TPSA) is 90.9 Å². The number of esters is 3. The van der Waals surface area contributed by atoms with Crippen LogP contribution in [-0.2, 0) is 23.8 Å². The summed E-state index contributed by atoms with van der Waals surface area (Å²) in [5.74, 6) is -1.99. The van der Waals surface area contributed by atoms with Crippen molar-refractivity contribution >= 4 is 23.6 Å². The van der Waals surface area contributed by atoms with E-state index >= 15 is 0 Å². The average Bonchev–Trinajstić information content (AvgIpc) is 2.49. The number of nitrogens with one attached hydrogen (secondary N) is 1. The van der Waals surface area contributed by atoms with Gasteiger partial charge in [0.05, 0.1) is 19.8 Å². The Morgan fingerprint density at radius 1 is 0.957 bits per heavy atom. The van der Waals surface area contributed by atoms with Gasteiger partial charge in [0.15, 0.2) is 0 Å². The Bertz CT molecular complexity index is 573. The summed E-state index contributed by atoms with van der Waals surface area (Å²) in [7, 11) is 2.46. The Hall–Kier alpha value is -2.57. The number of carbonyl (C=O) groups excluding carboxylic acids is 3. The van der Waals surface area contributed by atoms with Gasteiger partial charge >= 0.3 is 17.9 Å². The highest BCUT2D eigenvalue weighted by Gasteiger charge is 2.32. The van der Waals surface area contributed by atoms with Crippen molar-refractivity contribution in [2.45, 2.75) is 32.4 Å². The molecule has 1 aromatic rings. The monoisotopic (exact) mass is 323 g/mol. The summed E-state index contributed by atoms with van der Waals surface area (Å²) in [6, 6.07) is 4.82. The van der Waals surface area contributed by atoms with Gasteiger partial charge in [-0.3, -0.25) is 0 Å². The zero-order valence-corrected chi connectivity index (χ0v) is 13.8. The quantitative estimate of drug-likeness (QED) is 0.501. The van der Waals surface area contributed by atoms with Gasteiger partial charge < -0.3 is 19.5 Å². The maximum Gasteiger partial charge on any atom is 0.340 e. The van der Waals surface area contributed by atoms with Crippen LogP contribution in [0.15, 0.2) is 24.3 Å². The number of benzene rings is 1. The Labute approximate surface area is 134 Å². The molecule has 1 aromatic carbocycles. The molecular weight excluding hydrogens is 302 g/mol. The fraction of sp³-hybridized carbons (Fsp3) is 0.438. The predicted molar refractivity (Wildman–Crippen MR) is 83.1 cm³/mol. The van der Waals surface area contributed by atoms with Crippen molar-refractivity contribution in [3.05, 3.63) is 29.8 Å². The van der Waals surface area contributed by atoms with Crippen molar-refractivity contribution in [1.29, 1.82) is 0 Å². The predicted octanol–water partition coefficient (Wildman–Crippen LogP) is 1.77. The van der Waals surface area contributed by atoms with E-state index < -0.39 is 29.6 Å². The first kappa shape index (κ1) is 18.5. The number of anilines is 1. The smallest absolute Gasteiger partial charge is 0.340 e. The lowest BCUT2D eigenvalue weighted by Gasteiger charge is -2.23. The van der Waals surface area contributed by atoms with E-state index in [4.69, 9.17) is 4.74 Å². The molecule has 0 fully saturated rings. The second kappa shape index (κ2) is 7.62. The van der Waals surface area contributed by atoms with Crippen LogP contribution < -0.4 is 5.32 Å². The zero-order valence-electron chi connectivity index (χ0n) is 13.8. The molecule has 0 amide bonds. The Morgan fingerprint density at radius 2 is 1.52 bits per heavy atom. The highest BCUT2D eigenvalue weighted by Crippen LogP contribution is 2.15. The highest BCUT2D eigenvalue weighted by molar-refractivity contribution is 6.02. The minimum absolute atomic E-state index is 0.352. The lowest BCUT2D eigenvalue weighted by atomic mass is 10.1. The average molecular weight is 323 g/mol. The number of ether oxygens (including phenoxy) is 3. The summed E-state index contributed by atoms with van der Waals surface area (Å²) >= 11 is 0. The van der Waals surface area contributed by atoms with Crippen LogP contribution in [-0.4, -0.2) is 43.8 Å². The number of carbonyl (C=O) groups is 3. The van der Waals surface area contributed by atoms with Gasteiger partial charge in [-0.1, -0.05) is 0 Å². The third-order valence-corrected chi connectivity index (χ3v) is 2.70. The molecule has 126 valence electrons. The standard InChI is InChI=1S/C16H21NO6/c1-16(2,3)23-15(20)12(14(19)22-5)17-11-8-6-10(7-9-11)13(18)21-4/h6-9,12,17H,1-5H3/t12-/m1/s1. The molecule has 0 spiro atoms. The molecule has 1 N–H and O–H groups in total. The van der Waals surface area contributed by atoms with Crippen molar-refractivity contribution in [1.82, 2.24) is 0 Å². The third-order valence-electron chi connectivity index (χ3n) is 2.70. The fourth-order valence-electron chi connectivity index (χ4n) is 1.68. The lowest BCUT2D eigenvalue weighted by molar-refractivity contribution is -0.162. The van der Waals surface area contributed by atoms with Gasteiger partial charge in [-0.25, -0.2) is 14.4 Å². The van der Waals surface area contributed by atoms with Gasteiger partial charge in [-0.2, -0.15) is 0 Å². The van der Waals surface area contributed by atoms with Crippen LogP contribution >= 0.6 is 0 Å². The molecule has 0 aliphatic heterocycles. The van der Waals surface area contributed by atoms with Crippen LogP contribution in [0.5, 0.6) is 0 Å². The molecule has 0 bridgehead atoms. The normalized spacial score (nSPS) is 12.0. The van der Waals surface area contributed by atoms with E-state index in [0.29, 0.717) is 11.3 Å². The minimum Gasteiger partial charge on any atom is -0.467 e. The van der Waals surface area contributed by atoms with Crippen molar-refractivity contribution in [3.8, 4) is 0 Å². The molecule has 0 unspecified atom stereocenters. The van der Waals surface area contributed by atoms with E-state index in [2.05, 4.69) is 14.8 Å². The molecule has 0 aliphatic rings. The zero-order chi connectivity index (χ0) is 17.6. The van der Waals surface area contributed by atoms with Gasteiger partial charge in [0.25, 0.3) is 0 Å². The fourth-order valence-corrected chi connectivity index (χ4v) is 1.68. The first-order valence-electron chi connectivity index (χ1n) is 6.93. The number of rotatable bonds is 5. The molecule has 0 aromatic heterocycles. The first-order valence-corrected chi connectivity index (χ1v) is 6.93. The molecule has 0 heterocycles. The second-order valence-electron chi connectivity index (χ2n) is 5.70. The Kier molecular flexibility index (Phi) is 6.12. The Balaban J connectivity index is 2.91. The second-order valence-corrected chi connectivity index (χ2v) is 5.70. The molecule has 1 rings (SSSR count). The van der Waals surface area contributed by atoms with Gasteiger partial charge in [0, 0.05) is 5.69 Å². The maximum absolute atomic E-state index is 12.1. The van der Waals surface area contributed by atoms with Crippen LogP contribution in [0.1, 0.15) is 31.1 Å². The summed E-state index contributed by atoms with van der Waals surface area (Å²) < 4.78 is 14.4. The van der Waals surface area contributed by atoms with Crippen molar-refractivity contribution < 1.29 is 28.6 Å². The van der Waals surface area contributed by atoms with Gasteiger partial charge in [0.2, 0.25) is 6.04 Å². The summed E-state index contributed by atoms with van der Waals surface area (Å²) in [4.78, 5) is 35.3. The van der Waals surface area contributed by atoms with Gasteiger partial charge in [-0.15, -0.1) is 0 Å². The molecule has 7 heteroatoms. The molecule has 0 saturated heterocycles. The maximum atomic E-state index is 12.1. The van der Waals surface area contributed by atoms with E-state index in [1.54, 1.807) is 32.9 Å². The highest BCUT2D eigenvalue weighted by atomic mass is 16.6.